The van der Waals surface area contributed by atoms with Crippen LogP contribution in [0.25, 0.3) is 0 Å². The first kappa shape index (κ1) is 7.48. The van der Waals surface area contributed by atoms with Gasteiger partial charge in [0.2, 0.25) is 0 Å². The SMILES string of the molecule is [Cr].[O-][n+]1ccccc1. The predicted molar refractivity (Wildman–Crippen MR) is 25.4 cm³/mol. The van der Waals surface area contributed by atoms with Crippen molar-refractivity contribution >= 4 is 0 Å². The van der Waals surface area contributed by atoms with Crippen molar-refractivity contribution in [2.24, 2.45) is 0 Å². The van der Waals surface area contributed by atoms with E-state index in [1.54, 1.807) is 18.2 Å². The minimum Gasteiger partial charge on any atom is -0.619 e. The summed E-state index contributed by atoms with van der Waals surface area (Å²) in [6.45, 7) is 0. The molecule has 0 aliphatic carbocycles. The Labute approximate surface area is 58.5 Å². The van der Waals surface area contributed by atoms with E-state index >= 15 is 0 Å². The zero-order chi connectivity index (χ0) is 5.11. The monoisotopic (exact) mass is 147 g/mol. The van der Waals surface area contributed by atoms with E-state index in [0.717, 1.165) is 4.73 Å². The molecular formula is C5H5CrNO. The van der Waals surface area contributed by atoms with Crippen molar-refractivity contribution in [3.8, 4) is 0 Å². The Kier molecular flexibility index (Phi) is 3.26. The second-order valence-corrected chi connectivity index (χ2v) is 1.24. The number of aromatic nitrogens is 1. The van der Waals surface area contributed by atoms with Crippen LogP contribution in [0.4, 0.5) is 0 Å². The van der Waals surface area contributed by atoms with Crippen LogP contribution in [0, 0.1) is 5.21 Å². The Morgan fingerprint density at radius 2 is 1.50 bits per heavy atom. The molecule has 0 radical (unpaired) electrons. The molecule has 1 rings (SSSR count). The van der Waals surface area contributed by atoms with E-state index in [0.29, 0.717) is 0 Å². The van der Waals surface area contributed by atoms with Crippen LogP contribution in [0.2, 0.25) is 0 Å². The van der Waals surface area contributed by atoms with Gasteiger partial charge in [-0.05, 0) is 0 Å². The maximum atomic E-state index is 10.2. The van der Waals surface area contributed by atoms with E-state index in [9.17, 15) is 5.21 Å². The predicted octanol–water partition coefficient (Wildman–Crippen LogP) is 0.318. The van der Waals surface area contributed by atoms with Crippen molar-refractivity contribution in [3.05, 3.63) is 35.8 Å². The van der Waals surface area contributed by atoms with Crippen molar-refractivity contribution in [2.75, 3.05) is 0 Å². The molecule has 0 spiro atoms. The van der Waals surface area contributed by atoms with Crippen LogP contribution in [0.3, 0.4) is 0 Å². The van der Waals surface area contributed by atoms with E-state index in [1.165, 1.54) is 12.4 Å². The average Bonchev–Trinajstić information content (AvgIpc) is 1.69. The zero-order valence-electron chi connectivity index (χ0n) is 4.15. The molecule has 0 atom stereocenters. The summed E-state index contributed by atoms with van der Waals surface area (Å²) in [5, 5.41) is 10.2. The summed E-state index contributed by atoms with van der Waals surface area (Å²) in [4.78, 5) is 0. The molecular weight excluding hydrogens is 142 g/mol. The van der Waals surface area contributed by atoms with Crippen molar-refractivity contribution in [3.63, 3.8) is 0 Å². The van der Waals surface area contributed by atoms with Gasteiger partial charge in [-0.2, -0.15) is 4.73 Å². The normalized spacial score (nSPS) is 7.50. The number of pyridine rings is 1. The minimum atomic E-state index is 0. The topological polar surface area (TPSA) is 26.9 Å². The molecule has 0 unspecified atom stereocenters. The van der Waals surface area contributed by atoms with E-state index in [1.807, 2.05) is 0 Å². The molecule has 1 aromatic rings. The van der Waals surface area contributed by atoms with Crippen LogP contribution in [-0.2, 0) is 17.4 Å². The van der Waals surface area contributed by atoms with Crippen LogP contribution >= 0.6 is 0 Å². The summed E-state index contributed by atoms with van der Waals surface area (Å²) < 4.78 is 0.750. The van der Waals surface area contributed by atoms with E-state index < -0.39 is 0 Å². The summed E-state index contributed by atoms with van der Waals surface area (Å²) >= 11 is 0. The van der Waals surface area contributed by atoms with Crippen molar-refractivity contribution in [1.82, 2.24) is 0 Å². The Morgan fingerprint density at radius 3 is 1.75 bits per heavy atom. The summed E-state index contributed by atoms with van der Waals surface area (Å²) in [6, 6.07) is 5.18. The van der Waals surface area contributed by atoms with Gasteiger partial charge in [0.25, 0.3) is 0 Å². The third kappa shape index (κ3) is 1.97. The molecule has 1 aromatic heterocycles. The quantitative estimate of drug-likeness (QED) is 0.383. The van der Waals surface area contributed by atoms with Gasteiger partial charge in [-0.15, -0.1) is 0 Å². The van der Waals surface area contributed by atoms with Crippen molar-refractivity contribution in [2.45, 2.75) is 0 Å². The Morgan fingerprint density at radius 1 is 1.00 bits per heavy atom. The minimum absolute atomic E-state index is 0. The Balaban J connectivity index is 0.000000490. The third-order valence-electron chi connectivity index (χ3n) is 0.688. The summed E-state index contributed by atoms with van der Waals surface area (Å²) in [5.41, 5.74) is 0. The van der Waals surface area contributed by atoms with Crippen molar-refractivity contribution in [1.29, 1.82) is 0 Å². The van der Waals surface area contributed by atoms with Crippen LogP contribution in [0.1, 0.15) is 0 Å². The fourth-order valence-electron chi connectivity index (χ4n) is 0.383. The van der Waals surface area contributed by atoms with E-state index in [-0.39, 0.29) is 17.4 Å². The summed E-state index contributed by atoms with van der Waals surface area (Å²) in [6.07, 6.45) is 2.89. The molecule has 0 bridgehead atoms. The van der Waals surface area contributed by atoms with Gasteiger partial charge in [-0.25, -0.2) is 0 Å². The van der Waals surface area contributed by atoms with Crippen LogP contribution < -0.4 is 4.73 Å². The van der Waals surface area contributed by atoms with Gasteiger partial charge in [0.05, 0.1) is 0 Å². The van der Waals surface area contributed by atoms with Gasteiger partial charge >= 0.3 is 0 Å². The molecule has 42 valence electrons. The molecule has 3 heteroatoms. The molecule has 2 nitrogen and oxygen atoms in total. The molecule has 0 saturated heterocycles. The number of hydrogen-bond acceptors (Lipinski definition) is 1. The first-order chi connectivity index (χ1) is 3.39. The number of hydrogen-bond donors (Lipinski definition) is 0. The van der Waals surface area contributed by atoms with Crippen LogP contribution in [0.15, 0.2) is 30.6 Å². The van der Waals surface area contributed by atoms with Crippen LogP contribution in [-0.4, -0.2) is 0 Å². The second-order valence-electron chi connectivity index (χ2n) is 1.24. The standard InChI is InChI=1S/C5H5NO.Cr/c7-6-4-2-1-3-5-6;/h1-5H;. The van der Waals surface area contributed by atoms with E-state index in [4.69, 9.17) is 0 Å². The molecule has 1 heterocycles. The van der Waals surface area contributed by atoms with Gasteiger partial charge in [0.15, 0.2) is 12.4 Å². The van der Waals surface area contributed by atoms with E-state index in [2.05, 4.69) is 0 Å². The molecule has 8 heavy (non-hydrogen) atoms. The number of nitrogens with zero attached hydrogens (tertiary/aromatic N) is 1. The first-order valence-corrected chi connectivity index (χ1v) is 2.03. The molecule has 0 aliphatic rings. The largest absolute Gasteiger partial charge is 0.619 e. The molecule has 0 N–H and O–H groups in total. The molecule has 0 fully saturated rings. The fraction of sp³-hybridized carbons (Fsp3) is 0. The number of rotatable bonds is 0. The molecule has 0 aliphatic heterocycles. The van der Waals surface area contributed by atoms with Gasteiger partial charge in [0.1, 0.15) is 0 Å². The van der Waals surface area contributed by atoms with Crippen molar-refractivity contribution < 1.29 is 22.1 Å². The first-order valence-electron chi connectivity index (χ1n) is 2.03. The zero-order valence-corrected chi connectivity index (χ0v) is 5.43. The third-order valence-corrected chi connectivity index (χ3v) is 0.688. The van der Waals surface area contributed by atoms with Gasteiger partial charge in [-0.1, -0.05) is 6.07 Å². The van der Waals surface area contributed by atoms with Gasteiger partial charge < -0.3 is 5.21 Å². The fourth-order valence-corrected chi connectivity index (χ4v) is 0.383. The second kappa shape index (κ2) is 3.48. The molecule has 0 aromatic carbocycles. The van der Waals surface area contributed by atoms with Gasteiger partial charge in [-0.3, -0.25) is 0 Å². The molecule has 0 amide bonds. The Hall–Kier alpha value is -0.518. The van der Waals surface area contributed by atoms with Crippen LogP contribution in [0.5, 0.6) is 0 Å². The summed E-state index contributed by atoms with van der Waals surface area (Å²) in [7, 11) is 0. The maximum absolute atomic E-state index is 10.2. The molecule has 0 saturated carbocycles. The van der Waals surface area contributed by atoms with Gasteiger partial charge in [0, 0.05) is 29.5 Å². The summed E-state index contributed by atoms with van der Waals surface area (Å²) in [5.74, 6) is 0. The smallest absolute Gasteiger partial charge is 0.180 e. The maximum Gasteiger partial charge on any atom is 0.180 e. The Bertz CT molecular complexity index is 142. The average molecular weight is 147 g/mol.